The van der Waals surface area contributed by atoms with Crippen molar-refractivity contribution >= 4 is 11.9 Å². The largest absolute Gasteiger partial charge is 0.486 e. The smallest absolute Gasteiger partial charge is 0.220 e. The van der Waals surface area contributed by atoms with E-state index < -0.39 is 0 Å². The van der Waals surface area contributed by atoms with Crippen molar-refractivity contribution in [1.29, 1.82) is 0 Å². The van der Waals surface area contributed by atoms with Crippen LogP contribution in [0.2, 0.25) is 0 Å². The lowest BCUT2D eigenvalue weighted by Crippen LogP contribution is -2.51. The zero-order chi connectivity index (χ0) is 19.4. The van der Waals surface area contributed by atoms with Gasteiger partial charge in [0.15, 0.2) is 17.5 Å². The second-order valence-corrected chi connectivity index (χ2v) is 7.94. The topological polar surface area (TPSA) is 75.2 Å². The van der Waals surface area contributed by atoms with Crippen LogP contribution in [0.1, 0.15) is 31.7 Å². The van der Waals surface area contributed by atoms with Crippen molar-refractivity contribution in [3.63, 3.8) is 0 Å². The second kappa shape index (κ2) is 8.29. The standard InChI is InChI=1S/C21H30N4O3/c1-2-22-20(25-9-3-7-21(15-25)13-19(26)24-14-21)23-8-6-16-4-5-17-18(12-16)28-11-10-27-17/h4-5,12H,2-3,6-11,13-15H2,1H3,(H,22,23)(H,24,26). The van der Waals surface area contributed by atoms with Gasteiger partial charge in [-0.1, -0.05) is 6.07 Å². The molecule has 0 radical (unpaired) electrons. The molecule has 0 bridgehead atoms. The summed E-state index contributed by atoms with van der Waals surface area (Å²) in [6.07, 6.45) is 3.70. The van der Waals surface area contributed by atoms with Gasteiger partial charge in [0.1, 0.15) is 13.2 Å². The molecule has 1 aromatic carbocycles. The number of aliphatic imine (C=N–C) groups is 1. The van der Waals surface area contributed by atoms with Crippen molar-refractivity contribution in [2.45, 2.75) is 32.6 Å². The third kappa shape index (κ3) is 4.18. The van der Waals surface area contributed by atoms with Crippen molar-refractivity contribution in [2.24, 2.45) is 10.4 Å². The molecular formula is C21H30N4O3. The zero-order valence-corrected chi connectivity index (χ0v) is 16.6. The fraction of sp³-hybridized carbons (Fsp3) is 0.619. The van der Waals surface area contributed by atoms with Crippen LogP contribution in [-0.2, 0) is 11.2 Å². The summed E-state index contributed by atoms with van der Waals surface area (Å²) in [4.78, 5) is 19.0. The number of benzene rings is 1. The highest BCUT2D eigenvalue weighted by molar-refractivity contribution is 5.81. The summed E-state index contributed by atoms with van der Waals surface area (Å²) in [5.41, 5.74) is 1.27. The van der Waals surface area contributed by atoms with Gasteiger partial charge >= 0.3 is 0 Å². The molecule has 2 saturated heterocycles. The lowest BCUT2D eigenvalue weighted by molar-refractivity contribution is -0.119. The van der Waals surface area contributed by atoms with Gasteiger partial charge in [-0.3, -0.25) is 9.79 Å². The molecule has 7 heteroatoms. The number of nitrogens with one attached hydrogen (secondary N) is 2. The number of hydrogen-bond donors (Lipinski definition) is 2. The Morgan fingerprint density at radius 2 is 2.18 bits per heavy atom. The molecule has 1 spiro atoms. The molecule has 7 nitrogen and oxygen atoms in total. The Balaban J connectivity index is 1.40. The van der Waals surface area contributed by atoms with Crippen molar-refractivity contribution in [3.05, 3.63) is 23.8 Å². The highest BCUT2D eigenvalue weighted by Gasteiger charge is 2.42. The minimum absolute atomic E-state index is 0.0708. The first-order valence-electron chi connectivity index (χ1n) is 10.4. The first-order valence-corrected chi connectivity index (χ1v) is 10.4. The summed E-state index contributed by atoms with van der Waals surface area (Å²) in [5.74, 6) is 2.79. The van der Waals surface area contributed by atoms with Crippen LogP contribution in [0.3, 0.4) is 0 Å². The number of fused-ring (bicyclic) bond motifs is 1. The van der Waals surface area contributed by atoms with E-state index in [0.29, 0.717) is 26.2 Å². The SMILES string of the molecule is CCNC(=NCCc1ccc2c(c1)OCCO2)N1CCCC2(CNC(=O)C2)C1. The van der Waals surface area contributed by atoms with Gasteiger partial charge in [0.05, 0.1) is 0 Å². The third-order valence-electron chi connectivity index (χ3n) is 5.76. The van der Waals surface area contributed by atoms with Gasteiger partial charge in [0, 0.05) is 44.6 Å². The molecule has 28 heavy (non-hydrogen) atoms. The molecule has 2 N–H and O–H groups in total. The average Bonchev–Trinajstić information content (AvgIpc) is 3.06. The van der Waals surface area contributed by atoms with E-state index in [9.17, 15) is 4.79 Å². The zero-order valence-electron chi connectivity index (χ0n) is 16.6. The van der Waals surface area contributed by atoms with Gasteiger partial charge in [-0.25, -0.2) is 0 Å². The summed E-state index contributed by atoms with van der Waals surface area (Å²) < 4.78 is 11.3. The van der Waals surface area contributed by atoms with Crippen LogP contribution >= 0.6 is 0 Å². The maximum Gasteiger partial charge on any atom is 0.220 e. The molecule has 4 rings (SSSR count). The summed E-state index contributed by atoms with van der Waals surface area (Å²) in [6.45, 7) is 7.53. The number of piperidine rings is 1. The predicted octanol–water partition coefficient (Wildman–Crippen LogP) is 1.57. The number of rotatable bonds is 4. The normalized spacial score (nSPS) is 24.4. The van der Waals surface area contributed by atoms with Gasteiger partial charge in [-0.15, -0.1) is 0 Å². The number of guanidine groups is 1. The Hall–Kier alpha value is -2.44. The molecule has 152 valence electrons. The van der Waals surface area contributed by atoms with Crippen LogP contribution in [0.5, 0.6) is 11.5 Å². The van der Waals surface area contributed by atoms with Crippen molar-refractivity contribution in [1.82, 2.24) is 15.5 Å². The minimum Gasteiger partial charge on any atom is -0.486 e. The molecule has 1 amide bonds. The number of carbonyl (C=O) groups is 1. The van der Waals surface area contributed by atoms with Crippen LogP contribution in [0.25, 0.3) is 0 Å². The number of carbonyl (C=O) groups excluding carboxylic acids is 1. The Morgan fingerprint density at radius 1 is 1.32 bits per heavy atom. The fourth-order valence-corrected chi connectivity index (χ4v) is 4.39. The van der Waals surface area contributed by atoms with E-state index in [1.54, 1.807) is 0 Å². The van der Waals surface area contributed by atoms with Crippen LogP contribution in [0.15, 0.2) is 23.2 Å². The molecule has 1 aromatic rings. The second-order valence-electron chi connectivity index (χ2n) is 7.94. The molecule has 0 saturated carbocycles. The Morgan fingerprint density at radius 3 is 2.96 bits per heavy atom. The number of likely N-dealkylation sites (tertiary alicyclic amines) is 1. The number of nitrogens with zero attached hydrogens (tertiary/aromatic N) is 2. The quantitative estimate of drug-likeness (QED) is 0.607. The third-order valence-corrected chi connectivity index (χ3v) is 5.76. The number of hydrogen-bond acceptors (Lipinski definition) is 4. The maximum absolute atomic E-state index is 11.8. The minimum atomic E-state index is 0.0708. The van der Waals surface area contributed by atoms with E-state index in [-0.39, 0.29) is 11.3 Å². The Bertz CT molecular complexity index is 751. The van der Waals surface area contributed by atoms with E-state index in [2.05, 4.69) is 34.6 Å². The molecule has 3 heterocycles. The molecule has 3 aliphatic heterocycles. The summed E-state index contributed by atoms with van der Waals surface area (Å²) in [7, 11) is 0. The van der Waals surface area contributed by atoms with Crippen LogP contribution in [0, 0.1) is 5.41 Å². The maximum atomic E-state index is 11.8. The lowest BCUT2D eigenvalue weighted by Gasteiger charge is -2.40. The van der Waals surface area contributed by atoms with Crippen LogP contribution in [0.4, 0.5) is 0 Å². The molecule has 2 fully saturated rings. The van der Waals surface area contributed by atoms with E-state index in [0.717, 1.165) is 62.9 Å². The van der Waals surface area contributed by atoms with E-state index in [1.807, 2.05) is 6.07 Å². The summed E-state index contributed by atoms with van der Waals surface area (Å²) in [6, 6.07) is 6.13. The monoisotopic (exact) mass is 386 g/mol. The summed E-state index contributed by atoms with van der Waals surface area (Å²) in [5, 5.41) is 6.45. The first-order chi connectivity index (χ1) is 13.7. The Kier molecular flexibility index (Phi) is 5.59. The van der Waals surface area contributed by atoms with Gasteiger partial charge in [0.25, 0.3) is 0 Å². The van der Waals surface area contributed by atoms with Gasteiger partial charge in [0.2, 0.25) is 5.91 Å². The molecule has 1 unspecified atom stereocenters. The van der Waals surface area contributed by atoms with Crippen LogP contribution < -0.4 is 20.1 Å². The molecule has 1 atom stereocenters. The van der Waals surface area contributed by atoms with Crippen LogP contribution in [-0.4, -0.2) is 62.7 Å². The van der Waals surface area contributed by atoms with Crippen molar-refractivity contribution < 1.29 is 14.3 Å². The lowest BCUT2D eigenvalue weighted by atomic mass is 9.79. The number of amides is 1. The van der Waals surface area contributed by atoms with E-state index in [4.69, 9.17) is 14.5 Å². The molecule has 0 aromatic heterocycles. The van der Waals surface area contributed by atoms with Gasteiger partial charge in [-0.05, 0) is 43.9 Å². The first kappa shape index (κ1) is 18.9. The highest BCUT2D eigenvalue weighted by atomic mass is 16.6. The van der Waals surface area contributed by atoms with E-state index in [1.165, 1.54) is 5.56 Å². The molecule has 3 aliphatic rings. The Labute approximate surface area is 166 Å². The predicted molar refractivity (Wildman–Crippen MR) is 108 cm³/mol. The van der Waals surface area contributed by atoms with Crippen molar-refractivity contribution in [3.8, 4) is 11.5 Å². The molecular weight excluding hydrogens is 356 g/mol. The fourth-order valence-electron chi connectivity index (χ4n) is 4.39. The summed E-state index contributed by atoms with van der Waals surface area (Å²) >= 11 is 0. The van der Waals surface area contributed by atoms with Gasteiger partial charge in [-0.2, -0.15) is 0 Å². The van der Waals surface area contributed by atoms with Gasteiger partial charge < -0.3 is 25.0 Å². The number of ether oxygens (including phenoxy) is 2. The molecule has 0 aliphatic carbocycles. The highest BCUT2D eigenvalue weighted by Crippen LogP contribution is 2.36. The van der Waals surface area contributed by atoms with E-state index >= 15 is 0 Å². The van der Waals surface area contributed by atoms with Crippen molar-refractivity contribution in [2.75, 3.05) is 45.9 Å². The average molecular weight is 386 g/mol.